The number of halogens is 1. The fourth-order valence-corrected chi connectivity index (χ4v) is 3.19. The lowest BCUT2D eigenvalue weighted by Gasteiger charge is -2.24. The zero-order chi connectivity index (χ0) is 16.2. The molecule has 2 amide bonds. The molecule has 1 aromatic carbocycles. The van der Waals surface area contributed by atoms with Gasteiger partial charge < -0.3 is 20.3 Å². The number of amides is 2. The summed E-state index contributed by atoms with van der Waals surface area (Å²) in [7, 11) is 0. The average molecular weight is 338 g/mol. The van der Waals surface area contributed by atoms with Crippen molar-refractivity contribution in [3.05, 3.63) is 29.3 Å². The van der Waals surface area contributed by atoms with E-state index in [-0.39, 0.29) is 17.9 Å². The highest BCUT2D eigenvalue weighted by atomic mass is 35.5. The number of nitrogens with one attached hydrogen (secondary N) is 2. The molecule has 2 fully saturated rings. The summed E-state index contributed by atoms with van der Waals surface area (Å²) in [5, 5.41) is 6.59. The second kappa shape index (κ2) is 7.29. The Balaban J connectivity index is 1.56. The molecule has 2 aliphatic rings. The Labute approximate surface area is 140 Å². The predicted molar refractivity (Wildman–Crippen MR) is 87.6 cm³/mol. The molecular weight excluding hydrogens is 318 g/mol. The molecular formula is C16H20ClN3O3. The number of anilines is 1. The third-order valence-electron chi connectivity index (χ3n) is 4.11. The smallest absolute Gasteiger partial charge is 0.249 e. The largest absolute Gasteiger partial charge is 0.378 e. The summed E-state index contributed by atoms with van der Waals surface area (Å²) >= 11 is 6.15. The SMILES string of the molecule is O=C(CC1COCCN1)NC1CCN(c2ccccc2Cl)C1=O. The molecule has 0 aromatic heterocycles. The lowest BCUT2D eigenvalue weighted by molar-refractivity contribution is -0.127. The van der Waals surface area contributed by atoms with Crippen LogP contribution in [-0.4, -0.2) is 50.2 Å². The third kappa shape index (κ3) is 3.83. The van der Waals surface area contributed by atoms with Gasteiger partial charge in [-0.1, -0.05) is 23.7 Å². The molecule has 2 aliphatic heterocycles. The van der Waals surface area contributed by atoms with E-state index in [9.17, 15) is 9.59 Å². The van der Waals surface area contributed by atoms with Gasteiger partial charge in [-0.05, 0) is 18.6 Å². The van der Waals surface area contributed by atoms with Gasteiger partial charge in [0.2, 0.25) is 11.8 Å². The van der Waals surface area contributed by atoms with E-state index in [1.54, 1.807) is 11.0 Å². The molecule has 0 saturated carbocycles. The van der Waals surface area contributed by atoms with Gasteiger partial charge in [-0.25, -0.2) is 0 Å². The number of hydrogen-bond donors (Lipinski definition) is 2. The molecule has 3 rings (SSSR count). The molecule has 0 aliphatic carbocycles. The number of carbonyl (C=O) groups is 2. The zero-order valence-corrected chi connectivity index (χ0v) is 13.5. The molecule has 0 spiro atoms. The lowest BCUT2D eigenvalue weighted by atomic mass is 10.1. The normalized spacial score (nSPS) is 24.7. The Hall–Kier alpha value is -1.63. The molecule has 6 nitrogen and oxygen atoms in total. The molecule has 2 atom stereocenters. The van der Waals surface area contributed by atoms with Gasteiger partial charge in [-0.3, -0.25) is 9.59 Å². The Bertz CT molecular complexity index is 590. The highest BCUT2D eigenvalue weighted by Crippen LogP contribution is 2.28. The molecule has 2 heterocycles. The van der Waals surface area contributed by atoms with Gasteiger partial charge in [0.05, 0.1) is 23.9 Å². The summed E-state index contributed by atoms with van der Waals surface area (Å²) in [4.78, 5) is 26.3. The van der Waals surface area contributed by atoms with Gasteiger partial charge in [-0.2, -0.15) is 0 Å². The summed E-state index contributed by atoms with van der Waals surface area (Å²) < 4.78 is 5.33. The fraction of sp³-hybridized carbons (Fsp3) is 0.500. The highest BCUT2D eigenvalue weighted by molar-refractivity contribution is 6.34. The summed E-state index contributed by atoms with van der Waals surface area (Å²) in [6, 6.07) is 6.77. The van der Waals surface area contributed by atoms with Crippen molar-refractivity contribution in [1.29, 1.82) is 0 Å². The van der Waals surface area contributed by atoms with Crippen LogP contribution in [0, 0.1) is 0 Å². The van der Waals surface area contributed by atoms with Crippen molar-refractivity contribution in [3.63, 3.8) is 0 Å². The zero-order valence-electron chi connectivity index (χ0n) is 12.8. The number of hydrogen-bond acceptors (Lipinski definition) is 4. The molecule has 0 bridgehead atoms. The van der Waals surface area contributed by atoms with E-state index in [2.05, 4.69) is 10.6 Å². The first-order chi connectivity index (χ1) is 11.1. The summed E-state index contributed by atoms with van der Waals surface area (Å²) in [5.41, 5.74) is 0.693. The first kappa shape index (κ1) is 16.2. The van der Waals surface area contributed by atoms with E-state index in [4.69, 9.17) is 16.3 Å². The van der Waals surface area contributed by atoms with Crippen LogP contribution in [-0.2, 0) is 14.3 Å². The molecule has 7 heteroatoms. The van der Waals surface area contributed by atoms with Crippen molar-refractivity contribution >= 4 is 29.1 Å². The van der Waals surface area contributed by atoms with Gasteiger partial charge >= 0.3 is 0 Å². The van der Waals surface area contributed by atoms with E-state index < -0.39 is 6.04 Å². The number of carbonyl (C=O) groups excluding carboxylic acids is 2. The van der Waals surface area contributed by atoms with Crippen molar-refractivity contribution in [2.24, 2.45) is 0 Å². The van der Waals surface area contributed by atoms with E-state index in [0.717, 1.165) is 6.54 Å². The van der Waals surface area contributed by atoms with Crippen molar-refractivity contribution in [2.45, 2.75) is 24.9 Å². The topological polar surface area (TPSA) is 70.7 Å². The van der Waals surface area contributed by atoms with Crippen LogP contribution in [0.2, 0.25) is 5.02 Å². The van der Waals surface area contributed by atoms with Gasteiger partial charge in [0, 0.05) is 25.6 Å². The molecule has 0 radical (unpaired) electrons. The number of morpholine rings is 1. The molecule has 2 saturated heterocycles. The summed E-state index contributed by atoms with van der Waals surface area (Å²) in [6.07, 6.45) is 0.903. The lowest BCUT2D eigenvalue weighted by Crippen LogP contribution is -2.47. The maximum absolute atomic E-state index is 12.5. The maximum Gasteiger partial charge on any atom is 0.249 e. The van der Waals surface area contributed by atoms with Crippen LogP contribution in [0.3, 0.4) is 0 Å². The monoisotopic (exact) mass is 337 g/mol. The van der Waals surface area contributed by atoms with Gasteiger partial charge in [-0.15, -0.1) is 0 Å². The van der Waals surface area contributed by atoms with Crippen LogP contribution >= 0.6 is 11.6 Å². The number of rotatable bonds is 4. The molecule has 23 heavy (non-hydrogen) atoms. The first-order valence-electron chi connectivity index (χ1n) is 7.81. The molecule has 124 valence electrons. The van der Waals surface area contributed by atoms with Gasteiger partial charge in [0.1, 0.15) is 6.04 Å². The summed E-state index contributed by atoms with van der Waals surface area (Å²) in [6.45, 7) is 2.50. The fourth-order valence-electron chi connectivity index (χ4n) is 2.95. The number of nitrogens with zero attached hydrogens (tertiary/aromatic N) is 1. The van der Waals surface area contributed by atoms with E-state index in [0.29, 0.717) is 43.3 Å². The minimum absolute atomic E-state index is 0.0138. The molecule has 1 aromatic rings. The van der Waals surface area contributed by atoms with Crippen LogP contribution in [0.1, 0.15) is 12.8 Å². The standard InChI is InChI=1S/C16H20ClN3O3/c17-12-3-1-2-4-14(12)20-7-5-13(16(20)22)19-15(21)9-11-10-23-8-6-18-11/h1-4,11,13,18H,5-10H2,(H,19,21). The van der Waals surface area contributed by atoms with Crippen molar-refractivity contribution in [1.82, 2.24) is 10.6 Å². The number of ether oxygens (including phenoxy) is 1. The Kier molecular flexibility index (Phi) is 5.15. The minimum atomic E-state index is -0.483. The maximum atomic E-state index is 12.5. The average Bonchev–Trinajstić information content (AvgIpc) is 2.90. The molecule has 2 unspecified atom stereocenters. The second-order valence-corrected chi connectivity index (χ2v) is 6.19. The van der Waals surface area contributed by atoms with Crippen LogP contribution in [0.25, 0.3) is 0 Å². The van der Waals surface area contributed by atoms with Gasteiger partial charge in [0.15, 0.2) is 0 Å². The van der Waals surface area contributed by atoms with E-state index >= 15 is 0 Å². The van der Waals surface area contributed by atoms with Crippen LogP contribution in [0.5, 0.6) is 0 Å². The van der Waals surface area contributed by atoms with Gasteiger partial charge in [0.25, 0.3) is 0 Å². The second-order valence-electron chi connectivity index (χ2n) is 5.78. The third-order valence-corrected chi connectivity index (χ3v) is 4.43. The quantitative estimate of drug-likeness (QED) is 0.858. The van der Waals surface area contributed by atoms with Crippen LogP contribution < -0.4 is 15.5 Å². The van der Waals surface area contributed by atoms with Crippen molar-refractivity contribution in [2.75, 3.05) is 31.2 Å². The Morgan fingerprint density at radius 2 is 2.26 bits per heavy atom. The van der Waals surface area contributed by atoms with Crippen LogP contribution in [0.4, 0.5) is 5.69 Å². The van der Waals surface area contributed by atoms with Crippen LogP contribution in [0.15, 0.2) is 24.3 Å². The summed E-state index contributed by atoms with van der Waals surface area (Å²) in [5.74, 6) is -0.244. The Morgan fingerprint density at radius 3 is 3.00 bits per heavy atom. The number of para-hydroxylation sites is 1. The van der Waals surface area contributed by atoms with Crippen molar-refractivity contribution in [3.8, 4) is 0 Å². The first-order valence-corrected chi connectivity index (χ1v) is 8.19. The Morgan fingerprint density at radius 1 is 1.43 bits per heavy atom. The van der Waals surface area contributed by atoms with E-state index in [1.165, 1.54) is 0 Å². The molecule has 2 N–H and O–H groups in total. The van der Waals surface area contributed by atoms with E-state index in [1.807, 2.05) is 18.2 Å². The van der Waals surface area contributed by atoms with Crippen molar-refractivity contribution < 1.29 is 14.3 Å². The predicted octanol–water partition coefficient (Wildman–Crippen LogP) is 0.940. The minimum Gasteiger partial charge on any atom is -0.378 e. The highest BCUT2D eigenvalue weighted by Gasteiger charge is 2.34. The number of benzene rings is 1.